The molecule has 0 radical (unpaired) electrons. The lowest BCUT2D eigenvalue weighted by Crippen LogP contribution is -2.34. The number of methoxy groups -OCH3 is 3. The van der Waals surface area contributed by atoms with Gasteiger partial charge in [-0.25, -0.2) is 0 Å². The van der Waals surface area contributed by atoms with Crippen LogP contribution in [-0.2, 0) is 10.2 Å². The van der Waals surface area contributed by atoms with Crippen LogP contribution in [0.4, 0.5) is 0 Å². The Balaban J connectivity index is 2.72. The van der Waals surface area contributed by atoms with Crippen LogP contribution in [0, 0.1) is 0 Å². The van der Waals surface area contributed by atoms with Gasteiger partial charge in [-0.3, -0.25) is 4.79 Å². The van der Waals surface area contributed by atoms with E-state index in [4.69, 9.17) is 14.2 Å². The predicted molar refractivity (Wildman–Crippen MR) is 93.8 cm³/mol. The number of hydrogen-bond acceptors (Lipinski definition) is 4. The van der Waals surface area contributed by atoms with E-state index in [-0.39, 0.29) is 5.78 Å². The van der Waals surface area contributed by atoms with Crippen LogP contribution >= 0.6 is 15.9 Å². The Morgan fingerprint density at radius 2 is 1.48 bits per heavy atom. The molecule has 1 aromatic carbocycles. The molecule has 1 aliphatic rings. The second-order valence-corrected chi connectivity index (χ2v) is 6.50. The molecule has 23 heavy (non-hydrogen) atoms. The van der Waals surface area contributed by atoms with Crippen molar-refractivity contribution in [3.05, 3.63) is 39.4 Å². The monoisotopic (exact) mass is 380 g/mol. The molecule has 0 aliphatic heterocycles. The smallest absolute Gasteiger partial charge is 0.184 e. The van der Waals surface area contributed by atoms with E-state index in [1.807, 2.05) is 26.8 Å². The number of ether oxygens (including phenoxy) is 3. The first kappa shape index (κ1) is 17.6. The highest BCUT2D eigenvalue weighted by molar-refractivity contribution is 9.12. The molecule has 124 valence electrons. The van der Waals surface area contributed by atoms with Gasteiger partial charge >= 0.3 is 0 Å². The fourth-order valence-electron chi connectivity index (χ4n) is 2.81. The fraction of sp³-hybridized carbons (Fsp3) is 0.389. The SMILES string of the molecule is COc1cc(OC)c([C@@]2(C)C=C(C)C(C)=C(Br)C2=O)cc1OC. The van der Waals surface area contributed by atoms with Crippen LogP contribution in [0.15, 0.2) is 33.8 Å². The second kappa shape index (κ2) is 6.40. The summed E-state index contributed by atoms with van der Waals surface area (Å²) in [7, 11) is 4.71. The van der Waals surface area contributed by atoms with Gasteiger partial charge in [0.1, 0.15) is 5.75 Å². The summed E-state index contributed by atoms with van der Waals surface area (Å²) in [6.07, 6.45) is 1.97. The molecule has 0 unspecified atom stereocenters. The van der Waals surface area contributed by atoms with Crippen molar-refractivity contribution in [3.63, 3.8) is 0 Å². The van der Waals surface area contributed by atoms with Gasteiger partial charge in [-0.1, -0.05) is 6.08 Å². The van der Waals surface area contributed by atoms with Gasteiger partial charge in [0, 0.05) is 11.6 Å². The Bertz CT molecular complexity index is 718. The summed E-state index contributed by atoms with van der Waals surface area (Å²) >= 11 is 3.44. The van der Waals surface area contributed by atoms with E-state index in [2.05, 4.69) is 15.9 Å². The summed E-state index contributed by atoms with van der Waals surface area (Å²) in [5.41, 5.74) is 1.90. The molecule has 0 bridgehead atoms. The number of benzene rings is 1. The van der Waals surface area contributed by atoms with Gasteiger partial charge in [0.25, 0.3) is 0 Å². The average Bonchev–Trinajstić information content (AvgIpc) is 2.56. The van der Waals surface area contributed by atoms with E-state index in [1.54, 1.807) is 33.5 Å². The Labute approximate surface area is 145 Å². The number of hydrogen-bond donors (Lipinski definition) is 0. The zero-order valence-corrected chi connectivity index (χ0v) is 15.8. The molecule has 1 aromatic rings. The molecule has 0 saturated carbocycles. The van der Waals surface area contributed by atoms with E-state index >= 15 is 0 Å². The number of allylic oxidation sites excluding steroid dienone is 4. The van der Waals surface area contributed by atoms with Crippen molar-refractivity contribution >= 4 is 21.7 Å². The first-order valence-electron chi connectivity index (χ1n) is 7.21. The summed E-state index contributed by atoms with van der Waals surface area (Å²) in [6, 6.07) is 3.55. The third-order valence-corrected chi connectivity index (χ3v) is 5.32. The van der Waals surface area contributed by atoms with Gasteiger partial charge in [0.15, 0.2) is 17.3 Å². The molecular formula is C18H21BrO4. The molecule has 4 nitrogen and oxygen atoms in total. The molecular weight excluding hydrogens is 360 g/mol. The molecule has 2 rings (SSSR count). The minimum absolute atomic E-state index is 0.00822. The molecule has 0 saturated heterocycles. The topological polar surface area (TPSA) is 44.8 Å². The molecule has 0 fully saturated rings. The molecule has 1 aliphatic carbocycles. The van der Waals surface area contributed by atoms with Gasteiger partial charge < -0.3 is 14.2 Å². The summed E-state index contributed by atoms with van der Waals surface area (Å²) in [5.74, 6) is 1.70. The summed E-state index contributed by atoms with van der Waals surface area (Å²) in [5, 5.41) is 0. The highest BCUT2D eigenvalue weighted by Gasteiger charge is 2.41. The Hall–Kier alpha value is -1.75. The third-order valence-electron chi connectivity index (χ3n) is 4.36. The Kier molecular flexibility index (Phi) is 4.90. The maximum atomic E-state index is 12.9. The first-order valence-corrected chi connectivity index (χ1v) is 8.01. The van der Waals surface area contributed by atoms with Gasteiger partial charge in [-0.15, -0.1) is 0 Å². The summed E-state index contributed by atoms with van der Waals surface area (Å²) in [4.78, 5) is 12.9. The van der Waals surface area contributed by atoms with Crippen LogP contribution < -0.4 is 14.2 Å². The lowest BCUT2D eigenvalue weighted by atomic mass is 9.72. The zero-order chi connectivity index (χ0) is 17.4. The number of carbonyl (C=O) groups excluding carboxylic acids is 1. The quantitative estimate of drug-likeness (QED) is 0.786. The molecule has 0 amide bonds. The second-order valence-electron chi connectivity index (χ2n) is 5.71. The summed E-state index contributed by atoms with van der Waals surface area (Å²) in [6.45, 7) is 5.81. The Morgan fingerprint density at radius 3 is 2.00 bits per heavy atom. The first-order chi connectivity index (χ1) is 10.8. The standard InChI is InChI=1S/C18H21BrO4/c1-10-9-18(3,17(20)16(19)11(10)2)12-7-14(22-5)15(23-6)8-13(12)21-4/h7-9H,1-6H3/t18-/m1/s1. The van der Waals surface area contributed by atoms with Crippen molar-refractivity contribution in [2.45, 2.75) is 26.2 Å². The number of carbonyl (C=O) groups is 1. The number of halogens is 1. The molecule has 1 atom stereocenters. The zero-order valence-electron chi connectivity index (χ0n) is 14.2. The Morgan fingerprint density at radius 1 is 0.957 bits per heavy atom. The van der Waals surface area contributed by atoms with Gasteiger partial charge in [-0.2, -0.15) is 0 Å². The molecule has 5 heteroatoms. The molecule has 0 aromatic heterocycles. The van der Waals surface area contributed by atoms with Crippen LogP contribution in [0.1, 0.15) is 26.3 Å². The van der Waals surface area contributed by atoms with Crippen molar-refractivity contribution in [3.8, 4) is 17.2 Å². The van der Waals surface area contributed by atoms with E-state index in [1.165, 1.54) is 0 Å². The van der Waals surface area contributed by atoms with Crippen LogP contribution in [-0.4, -0.2) is 27.1 Å². The number of Topliss-reactive ketones (excluding diaryl/α,β-unsaturated/α-hetero) is 1. The number of ketones is 1. The van der Waals surface area contributed by atoms with Crippen LogP contribution in [0.25, 0.3) is 0 Å². The maximum absolute atomic E-state index is 12.9. The fourth-order valence-corrected chi connectivity index (χ4v) is 3.54. The van der Waals surface area contributed by atoms with Crippen LogP contribution in [0.5, 0.6) is 17.2 Å². The van der Waals surface area contributed by atoms with Crippen LogP contribution in [0.2, 0.25) is 0 Å². The van der Waals surface area contributed by atoms with Gasteiger partial charge in [-0.05, 0) is 53.9 Å². The van der Waals surface area contributed by atoms with E-state index < -0.39 is 5.41 Å². The highest BCUT2D eigenvalue weighted by atomic mass is 79.9. The van der Waals surface area contributed by atoms with Crippen molar-refractivity contribution in [2.75, 3.05) is 21.3 Å². The van der Waals surface area contributed by atoms with Crippen molar-refractivity contribution in [2.24, 2.45) is 0 Å². The predicted octanol–water partition coefficient (Wildman–Crippen LogP) is 4.17. The van der Waals surface area contributed by atoms with Crippen LogP contribution in [0.3, 0.4) is 0 Å². The van der Waals surface area contributed by atoms with Crippen molar-refractivity contribution in [1.82, 2.24) is 0 Å². The lowest BCUT2D eigenvalue weighted by Gasteiger charge is -2.32. The molecule has 0 spiro atoms. The molecule has 0 heterocycles. The lowest BCUT2D eigenvalue weighted by molar-refractivity contribution is -0.118. The minimum Gasteiger partial charge on any atom is -0.496 e. The molecule has 0 N–H and O–H groups in total. The normalized spacial score (nSPS) is 21.2. The van der Waals surface area contributed by atoms with E-state index in [0.717, 1.165) is 16.7 Å². The van der Waals surface area contributed by atoms with Crippen molar-refractivity contribution in [1.29, 1.82) is 0 Å². The largest absolute Gasteiger partial charge is 0.496 e. The van der Waals surface area contributed by atoms with E-state index in [9.17, 15) is 4.79 Å². The van der Waals surface area contributed by atoms with Gasteiger partial charge in [0.05, 0.1) is 31.2 Å². The minimum atomic E-state index is -0.840. The van der Waals surface area contributed by atoms with Gasteiger partial charge in [0.2, 0.25) is 0 Å². The summed E-state index contributed by atoms with van der Waals surface area (Å²) < 4.78 is 16.8. The number of rotatable bonds is 4. The van der Waals surface area contributed by atoms with E-state index in [0.29, 0.717) is 21.7 Å². The maximum Gasteiger partial charge on any atom is 0.184 e. The van der Waals surface area contributed by atoms with Crippen molar-refractivity contribution < 1.29 is 19.0 Å². The average molecular weight is 381 g/mol. The third kappa shape index (κ3) is 2.78. The highest BCUT2D eigenvalue weighted by Crippen LogP contribution is 2.46.